The maximum Gasteiger partial charge on any atom is 0.306 e. The number of H-pyrrole nitrogens is 1. The van der Waals surface area contributed by atoms with Gasteiger partial charge in [-0.2, -0.15) is 5.26 Å². The standard InChI is InChI=1S/C11H9N3O3S2/c1-7-10(18-11(15)13-7)19(16,17)14-9-4-2-8(6-12)3-5-9/h2-5,14H,1H3,(H,13,15). The highest BCUT2D eigenvalue weighted by Gasteiger charge is 2.20. The number of aromatic amines is 1. The first-order chi connectivity index (χ1) is 8.92. The van der Waals surface area contributed by atoms with Gasteiger partial charge in [0.25, 0.3) is 10.0 Å². The summed E-state index contributed by atoms with van der Waals surface area (Å²) in [6, 6.07) is 7.92. The van der Waals surface area contributed by atoms with Crippen molar-refractivity contribution in [1.82, 2.24) is 4.98 Å². The number of rotatable bonds is 3. The quantitative estimate of drug-likeness (QED) is 0.893. The molecule has 1 aromatic carbocycles. The number of hydrogen-bond acceptors (Lipinski definition) is 5. The summed E-state index contributed by atoms with van der Waals surface area (Å²) in [7, 11) is -3.79. The molecule has 8 heteroatoms. The van der Waals surface area contributed by atoms with Crippen LogP contribution in [0.4, 0.5) is 5.69 Å². The molecule has 0 fully saturated rings. The third-order valence-corrected chi connectivity index (χ3v) is 5.28. The van der Waals surface area contributed by atoms with E-state index in [1.54, 1.807) is 0 Å². The summed E-state index contributed by atoms with van der Waals surface area (Å²) >= 11 is 0.634. The second kappa shape index (κ2) is 4.87. The van der Waals surface area contributed by atoms with Crippen molar-refractivity contribution >= 4 is 27.0 Å². The van der Waals surface area contributed by atoms with Crippen molar-refractivity contribution in [2.24, 2.45) is 0 Å². The fraction of sp³-hybridized carbons (Fsp3) is 0.0909. The van der Waals surface area contributed by atoms with Crippen LogP contribution in [-0.2, 0) is 10.0 Å². The van der Waals surface area contributed by atoms with Crippen LogP contribution in [0.5, 0.6) is 0 Å². The van der Waals surface area contributed by atoms with Gasteiger partial charge in [-0.05, 0) is 31.2 Å². The van der Waals surface area contributed by atoms with Gasteiger partial charge in [0, 0.05) is 11.4 Å². The molecule has 6 nitrogen and oxygen atoms in total. The maximum absolute atomic E-state index is 12.1. The summed E-state index contributed by atoms with van der Waals surface area (Å²) in [5, 5.41) is 8.65. The lowest BCUT2D eigenvalue weighted by molar-refractivity contribution is 0.602. The Hall–Kier alpha value is -2.11. The van der Waals surface area contributed by atoms with Crippen molar-refractivity contribution in [3.8, 4) is 6.07 Å². The molecule has 0 aliphatic heterocycles. The van der Waals surface area contributed by atoms with Crippen molar-refractivity contribution in [1.29, 1.82) is 5.26 Å². The first-order valence-corrected chi connectivity index (χ1v) is 7.45. The molecule has 2 rings (SSSR count). The Balaban J connectivity index is 2.34. The molecule has 0 aliphatic rings. The van der Waals surface area contributed by atoms with Crippen molar-refractivity contribution in [3.05, 3.63) is 45.2 Å². The van der Waals surface area contributed by atoms with E-state index < -0.39 is 14.9 Å². The molecule has 0 saturated heterocycles. The van der Waals surface area contributed by atoms with Crippen LogP contribution in [0.3, 0.4) is 0 Å². The van der Waals surface area contributed by atoms with Crippen LogP contribution < -0.4 is 9.60 Å². The second-order valence-electron chi connectivity index (χ2n) is 3.72. The predicted octanol–water partition coefficient (Wildman–Crippen LogP) is 1.42. The Morgan fingerprint density at radius 3 is 2.42 bits per heavy atom. The van der Waals surface area contributed by atoms with Crippen LogP contribution in [0.15, 0.2) is 33.3 Å². The number of hydrogen-bond donors (Lipinski definition) is 2. The summed E-state index contributed by atoms with van der Waals surface area (Å²) in [5.74, 6) is 0. The molecular weight excluding hydrogens is 286 g/mol. The molecule has 0 radical (unpaired) electrons. The smallest absolute Gasteiger partial charge is 0.306 e. The molecule has 0 atom stereocenters. The number of nitrogens with one attached hydrogen (secondary N) is 2. The third-order valence-electron chi connectivity index (χ3n) is 2.29. The Bertz CT molecular complexity index is 795. The minimum Gasteiger partial charge on any atom is -0.315 e. The molecule has 0 aliphatic carbocycles. The summed E-state index contributed by atoms with van der Waals surface area (Å²) < 4.78 is 26.4. The number of nitrogens with zero attached hydrogens (tertiary/aromatic N) is 1. The van der Waals surface area contributed by atoms with Gasteiger partial charge in [0.2, 0.25) is 0 Å². The van der Waals surface area contributed by atoms with Crippen LogP contribution in [0.2, 0.25) is 0 Å². The number of anilines is 1. The normalized spacial score (nSPS) is 10.9. The van der Waals surface area contributed by atoms with Crippen LogP contribution in [0.25, 0.3) is 0 Å². The summed E-state index contributed by atoms with van der Waals surface area (Å²) in [6.07, 6.45) is 0. The predicted molar refractivity (Wildman–Crippen MR) is 71.6 cm³/mol. The average molecular weight is 295 g/mol. The van der Waals surface area contributed by atoms with Crippen LogP contribution in [-0.4, -0.2) is 13.4 Å². The molecule has 1 aromatic heterocycles. The van der Waals surface area contributed by atoms with Gasteiger partial charge < -0.3 is 4.98 Å². The molecule has 19 heavy (non-hydrogen) atoms. The maximum atomic E-state index is 12.1. The first-order valence-electron chi connectivity index (χ1n) is 5.15. The fourth-order valence-corrected chi connectivity index (χ4v) is 3.82. The lowest BCUT2D eigenvalue weighted by atomic mass is 10.2. The fourth-order valence-electron chi connectivity index (χ4n) is 1.46. The molecular formula is C11H9N3O3S2. The summed E-state index contributed by atoms with van der Waals surface area (Å²) in [6.45, 7) is 1.52. The Morgan fingerprint density at radius 2 is 1.95 bits per heavy atom. The lowest BCUT2D eigenvalue weighted by Gasteiger charge is -2.06. The van der Waals surface area contributed by atoms with Crippen molar-refractivity contribution < 1.29 is 8.42 Å². The van der Waals surface area contributed by atoms with E-state index in [4.69, 9.17) is 5.26 Å². The molecule has 2 N–H and O–H groups in total. The Kier molecular flexibility index (Phi) is 3.42. The second-order valence-corrected chi connectivity index (χ2v) is 6.58. The number of thiazole rings is 1. The zero-order valence-corrected chi connectivity index (χ0v) is 11.4. The minimum absolute atomic E-state index is 0.0399. The van der Waals surface area contributed by atoms with Gasteiger partial charge in [0.15, 0.2) is 4.21 Å². The lowest BCUT2D eigenvalue weighted by Crippen LogP contribution is -2.12. The highest BCUT2D eigenvalue weighted by Crippen LogP contribution is 2.20. The van der Waals surface area contributed by atoms with Crippen LogP contribution in [0.1, 0.15) is 11.3 Å². The van der Waals surface area contributed by atoms with E-state index in [2.05, 4.69) is 9.71 Å². The first kappa shape index (κ1) is 13.3. The van der Waals surface area contributed by atoms with E-state index >= 15 is 0 Å². The molecule has 98 valence electrons. The average Bonchev–Trinajstić information content (AvgIpc) is 2.70. The number of sulfonamides is 1. The molecule has 0 spiro atoms. The zero-order chi connectivity index (χ0) is 14.0. The summed E-state index contributed by atoms with van der Waals surface area (Å²) in [4.78, 5) is 13.1. The Morgan fingerprint density at radius 1 is 1.32 bits per heavy atom. The SMILES string of the molecule is Cc1[nH]c(=O)sc1S(=O)(=O)Nc1ccc(C#N)cc1. The van der Waals surface area contributed by atoms with Gasteiger partial charge in [0.05, 0.1) is 11.6 Å². The largest absolute Gasteiger partial charge is 0.315 e. The monoisotopic (exact) mass is 295 g/mol. The van der Waals surface area contributed by atoms with Gasteiger partial charge in [-0.3, -0.25) is 9.52 Å². The van der Waals surface area contributed by atoms with Crippen LogP contribution >= 0.6 is 11.3 Å². The summed E-state index contributed by atoms with van der Waals surface area (Å²) in [5.41, 5.74) is 1.07. The van der Waals surface area contributed by atoms with E-state index in [-0.39, 0.29) is 4.21 Å². The van der Waals surface area contributed by atoms with Crippen LogP contribution in [0, 0.1) is 18.3 Å². The van der Waals surface area contributed by atoms with E-state index in [0.717, 1.165) is 0 Å². The molecule has 0 bridgehead atoms. The van der Waals surface area contributed by atoms with Gasteiger partial charge in [-0.25, -0.2) is 8.42 Å². The van der Waals surface area contributed by atoms with Gasteiger partial charge >= 0.3 is 4.87 Å². The zero-order valence-electron chi connectivity index (χ0n) is 9.80. The number of aryl methyl sites for hydroxylation is 1. The molecule has 2 aromatic rings. The third kappa shape index (κ3) is 2.83. The van der Waals surface area contributed by atoms with E-state index in [1.165, 1.54) is 31.2 Å². The number of benzene rings is 1. The topological polar surface area (TPSA) is 103 Å². The highest BCUT2D eigenvalue weighted by molar-refractivity contribution is 7.94. The van der Waals surface area contributed by atoms with Gasteiger partial charge in [-0.1, -0.05) is 11.3 Å². The number of nitriles is 1. The van der Waals surface area contributed by atoms with Gasteiger partial charge in [0.1, 0.15) is 0 Å². The molecule has 0 amide bonds. The van der Waals surface area contributed by atoms with Crippen molar-refractivity contribution in [2.75, 3.05) is 4.72 Å². The van der Waals surface area contributed by atoms with E-state index in [1.807, 2.05) is 6.07 Å². The molecule has 1 heterocycles. The molecule has 0 unspecified atom stereocenters. The van der Waals surface area contributed by atoms with E-state index in [9.17, 15) is 13.2 Å². The van der Waals surface area contributed by atoms with Crippen molar-refractivity contribution in [3.63, 3.8) is 0 Å². The highest BCUT2D eigenvalue weighted by atomic mass is 32.2. The van der Waals surface area contributed by atoms with Crippen molar-refractivity contribution in [2.45, 2.75) is 11.1 Å². The van der Waals surface area contributed by atoms with E-state index in [0.29, 0.717) is 28.3 Å². The minimum atomic E-state index is -3.79. The number of aromatic nitrogens is 1. The van der Waals surface area contributed by atoms with Gasteiger partial charge in [-0.15, -0.1) is 0 Å². The molecule has 0 saturated carbocycles. The Labute approximate surface area is 113 Å².